The van der Waals surface area contributed by atoms with Crippen LogP contribution in [0.2, 0.25) is 0 Å². The lowest BCUT2D eigenvalue weighted by atomic mass is 9.75. The molecule has 0 aliphatic carbocycles. The highest BCUT2D eigenvalue weighted by atomic mass is 19.1. The SMILES string of the molecule is CC(C)CC(CN)(Cc1ccc(F)cc1)C(=O)O. The molecule has 0 aromatic heterocycles. The Kier molecular flexibility index (Phi) is 4.84. The van der Waals surface area contributed by atoms with Crippen molar-refractivity contribution in [3.8, 4) is 0 Å². The number of aliphatic carboxylic acids is 1. The third-order valence-corrected chi connectivity index (χ3v) is 3.10. The Labute approximate surface area is 107 Å². The molecule has 0 bridgehead atoms. The normalized spacial score (nSPS) is 14.5. The van der Waals surface area contributed by atoms with Crippen molar-refractivity contribution < 1.29 is 14.3 Å². The molecule has 0 aliphatic heterocycles. The van der Waals surface area contributed by atoms with E-state index in [1.165, 1.54) is 12.1 Å². The number of hydrogen-bond donors (Lipinski definition) is 2. The van der Waals surface area contributed by atoms with E-state index >= 15 is 0 Å². The molecule has 0 radical (unpaired) electrons. The minimum atomic E-state index is -0.966. The van der Waals surface area contributed by atoms with Crippen LogP contribution in [-0.2, 0) is 11.2 Å². The number of hydrogen-bond acceptors (Lipinski definition) is 2. The summed E-state index contributed by atoms with van der Waals surface area (Å²) < 4.78 is 12.8. The van der Waals surface area contributed by atoms with E-state index in [9.17, 15) is 14.3 Å². The van der Waals surface area contributed by atoms with Crippen molar-refractivity contribution in [2.75, 3.05) is 6.54 Å². The highest BCUT2D eigenvalue weighted by molar-refractivity contribution is 5.75. The molecule has 0 amide bonds. The lowest BCUT2D eigenvalue weighted by molar-refractivity contribution is -0.149. The molecule has 1 atom stereocenters. The quantitative estimate of drug-likeness (QED) is 0.818. The molecular weight excluding hydrogens is 233 g/mol. The molecule has 18 heavy (non-hydrogen) atoms. The first-order valence-electron chi connectivity index (χ1n) is 6.07. The van der Waals surface area contributed by atoms with Crippen molar-refractivity contribution in [2.24, 2.45) is 17.1 Å². The summed E-state index contributed by atoms with van der Waals surface area (Å²) in [5, 5.41) is 9.43. The molecule has 0 heterocycles. The fourth-order valence-electron chi connectivity index (χ4n) is 2.25. The smallest absolute Gasteiger partial charge is 0.311 e. The molecule has 0 saturated carbocycles. The van der Waals surface area contributed by atoms with Gasteiger partial charge in [0, 0.05) is 6.54 Å². The molecule has 1 rings (SSSR count). The molecule has 3 N–H and O–H groups in total. The first-order chi connectivity index (χ1) is 8.39. The van der Waals surface area contributed by atoms with Crippen molar-refractivity contribution in [3.63, 3.8) is 0 Å². The summed E-state index contributed by atoms with van der Waals surface area (Å²) in [5.74, 6) is -0.968. The Balaban J connectivity index is 2.97. The van der Waals surface area contributed by atoms with Crippen LogP contribution in [0.25, 0.3) is 0 Å². The van der Waals surface area contributed by atoms with Gasteiger partial charge in [-0.05, 0) is 36.5 Å². The number of carboxylic acid groups (broad SMARTS) is 1. The zero-order valence-corrected chi connectivity index (χ0v) is 10.8. The van der Waals surface area contributed by atoms with Crippen molar-refractivity contribution in [3.05, 3.63) is 35.6 Å². The second-order valence-corrected chi connectivity index (χ2v) is 5.19. The Morgan fingerprint density at radius 1 is 1.39 bits per heavy atom. The van der Waals surface area contributed by atoms with Crippen LogP contribution in [0.3, 0.4) is 0 Å². The summed E-state index contributed by atoms with van der Waals surface area (Å²) in [6.45, 7) is 4.02. The predicted octanol–water partition coefficient (Wildman–Crippen LogP) is 2.44. The Morgan fingerprint density at radius 2 is 1.94 bits per heavy atom. The van der Waals surface area contributed by atoms with Gasteiger partial charge in [0.05, 0.1) is 5.41 Å². The lowest BCUT2D eigenvalue weighted by Crippen LogP contribution is -2.41. The average Bonchev–Trinajstić information content (AvgIpc) is 2.30. The molecule has 3 nitrogen and oxygen atoms in total. The van der Waals surface area contributed by atoms with Crippen LogP contribution in [0.15, 0.2) is 24.3 Å². The number of halogens is 1. The third-order valence-electron chi connectivity index (χ3n) is 3.10. The summed E-state index contributed by atoms with van der Waals surface area (Å²) >= 11 is 0. The number of rotatable bonds is 6. The summed E-state index contributed by atoms with van der Waals surface area (Å²) in [6, 6.07) is 5.91. The first-order valence-corrected chi connectivity index (χ1v) is 6.07. The molecule has 1 unspecified atom stereocenters. The average molecular weight is 253 g/mol. The molecule has 0 fully saturated rings. The van der Waals surface area contributed by atoms with E-state index in [4.69, 9.17) is 5.73 Å². The molecule has 100 valence electrons. The molecule has 0 spiro atoms. The molecule has 0 aliphatic rings. The maximum Gasteiger partial charge on any atom is 0.311 e. The van der Waals surface area contributed by atoms with Gasteiger partial charge >= 0.3 is 5.97 Å². The van der Waals surface area contributed by atoms with E-state index in [-0.39, 0.29) is 18.3 Å². The maximum atomic E-state index is 12.8. The van der Waals surface area contributed by atoms with Gasteiger partial charge in [0.2, 0.25) is 0 Å². The van der Waals surface area contributed by atoms with Gasteiger partial charge < -0.3 is 10.8 Å². The zero-order chi connectivity index (χ0) is 13.8. The van der Waals surface area contributed by atoms with E-state index in [0.717, 1.165) is 5.56 Å². The van der Waals surface area contributed by atoms with Crippen LogP contribution in [-0.4, -0.2) is 17.6 Å². The van der Waals surface area contributed by atoms with E-state index in [1.807, 2.05) is 13.8 Å². The van der Waals surface area contributed by atoms with Gasteiger partial charge in [-0.3, -0.25) is 4.79 Å². The summed E-state index contributed by atoms with van der Waals surface area (Å²) in [6.07, 6.45) is 0.841. The molecule has 4 heteroatoms. The van der Waals surface area contributed by atoms with Gasteiger partial charge in [-0.1, -0.05) is 26.0 Å². The van der Waals surface area contributed by atoms with Gasteiger partial charge in [-0.25, -0.2) is 4.39 Å². The van der Waals surface area contributed by atoms with Gasteiger partial charge in [-0.15, -0.1) is 0 Å². The Hall–Kier alpha value is -1.42. The minimum Gasteiger partial charge on any atom is -0.481 e. The Bertz CT molecular complexity index is 403. The number of carboxylic acids is 1. The van der Waals surface area contributed by atoms with Gasteiger partial charge in [-0.2, -0.15) is 0 Å². The Morgan fingerprint density at radius 3 is 2.33 bits per heavy atom. The van der Waals surface area contributed by atoms with Gasteiger partial charge in [0.1, 0.15) is 5.82 Å². The lowest BCUT2D eigenvalue weighted by Gasteiger charge is -2.29. The van der Waals surface area contributed by atoms with E-state index in [1.54, 1.807) is 12.1 Å². The fourth-order valence-corrected chi connectivity index (χ4v) is 2.25. The monoisotopic (exact) mass is 253 g/mol. The predicted molar refractivity (Wildman–Crippen MR) is 68.7 cm³/mol. The fraction of sp³-hybridized carbons (Fsp3) is 0.500. The molecular formula is C14H20FNO2. The highest BCUT2D eigenvalue weighted by Crippen LogP contribution is 2.30. The van der Waals surface area contributed by atoms with Crippen molar-refractivity contribution in [1.82, 2.24) is 0 Å². The van der Waals surface area contributed by atoms with Crippen molar-refractivity contribution in [2.45, 2.75) is 26.7 Å². The van der Waals surface area contributed by atoms with Crippen LogP contribution in [0.4, 0.5) is 4.39 Å². The molecule has 1 aromatic carbocycles. The maximum absolute atomic E-state index is 12.8. The second-order valence-electron chi connectivity index (χ2n) is 5.19. The van der Waals surface area contributed by atoms with Crippen LogP contribution >= 0.6 is 0 Å². The van der Waals surface area contributed by atoms with Crippen LogP contribution in [0.1, 0.15) is 25.8 Å². The van der Waals surface area contributed by atoms with Crippen LogP contribution in [0.5, 0.6) is 0 Å². The summed E-state index contributed by atoms with van der Waals surface area (Å²) in [5.41, 5.74) is 5.51. The molecule has 1 aromatic rings. The summed E-state index contributed by atoms with van der Waals surface area (Å²) in [4.78, 5) is 11.5. The standard InChI is InChI=1S/C14H20FNO2/c1-10(2)7-14(9-16,13(17)18)8-11-3-5-12(15)6-4-11/h3-6,10H,7-9,16H2,1-2H3,(H,17,18). The largest absolute Gasteiger partial charge is 0.481 e. The van der Waals surface area contributed by atoms with E-state index in [2.05, 4.69) is 0 Å². The molecule has 0 saturated heterocycles. The van der Waals surface area contributed by atoms with Crippen LogP contribution < -0.4 is 5.73 Å². The third kappa shape index (κ3) is 3.53. The number of benzene rings is 1. The minimum absolute atomic E-state index is 0.0812. The van der Waals surface area contributed by atoms with E-state index < -0.39 is 11.4 Å². The number of nitrogens with two attached hydrogens (primary N) is 1. The zero-order valence-electron chi connectivity index (χ0n) is 10.8. The second kappa shape index (κ2) is 5.96. The van der Waals surface area contributed by atoms with Gasteiger partial charge in [0.15, 0.2) is 0 Å². The number of carbonyl (C=O) groups is 1. The first kappa shape index (κ1) is 14.6. The highest BCUT2D eigenvalue weighted by Gasteiger charge is 2.37. The van der Waals surface area contributed by atoms with Crippen molar-refractivity contribution in [1.29, 1.82) is 0 Å². The topological polar surface area (TPSA) is 63.3 Å². The summed E-state index contributed by atoms with van der Waals surface area (Å²) in [7, 11) is 0. The van der Waals surface area contributed by atoms with Crippen LogP contribution in [0, 0.1) is 17.2 Å². The van der Waals surface area contributed by atoms with Gasteiger partial charge in [0.25, 0.3) is 0 Å². The van der Waals surface area contributed by atoms with Crippen molar-refractivity contribution >= 4 is 5.97 Å². The van der Waals surface area contributed by atoms with E-state index in [0.29, 0.717) is 12.8 Å².